The Kier molecular flexibility index (Phi) is 4.12. The number of hydrogen-bond donors (Lipinski definition) is 1. The number of aromatic nitrogens is 3. The van der Waals surface area contributed by atoms with Gasteiger partial charge < -0.3 is 10.0 Å². The minimum atomic E-state index is -0.951. The maximum absolute atomic E-state index is 12.7. The molecule has 4 rings (SSSR count). The number of rotatable bonds is 3. The number of carbonyl (C=O) groups is 2. The first-order valence-electron chi connectivity index (χ1n) is 8.57. The Balaban J connectivity index is 1.61. The summed E-state index contributed by atoms with van der Waals surface area (Å²) in [5.74, 6) is -0.581. The van der Waals surface area contributed by atoms with Crippen LogP contribution in [0.1, 0.15) is 29.6 Å². The lowest BCUT2D eigenvalue weighted by Gasteiger charge is -2.32. The Bertz CT molecular complexity index is 964. The lowest BCUT2D eigenvalue weighted by Crippen LogP contribution is -2.48. The Hall–Kier alpha value is -3.22. The Labute approximate surface area is 149 Å². The molecule has 3 aromatic rings. The van der Waals surface area contributed by atoms with Gasteiger partial charge in [0, 0.05) is 12.7 Å². The van der Waals surface area contributed by atoms with E-state index in [2.05, 4.69) is 9.97 Å². The van der Waals surface area contributed by atoms with Crippen molar-refractivity contribution < 1.29 is 14.7 Å². The van der Waals surface area contributed by atoms with Crippen LogP contribution in [0, 0.1) is 0 Å². The quantitative estimate of drug-likeness (QED) is 0.784. The van der Waals surface area contributed by atoms with Crippen LogP contribution in [0.5, 0.6) is 0 Å². The van der Waals surface area contributed by atoms with E-state index in [0.29, 0.717) is 24.3 Å². The molecule has 1 fully saturated rings. The molecule has 0 saturated carbocycles. The highest BCUT2D eigenvalue weighted by Gasteiger charge is 2.32. The van der Waals surface area contributed by atoms with E-state index in [-0.39, 0.29) is 5.91 Å². The SMILES string of the molecule is O=C(O)C1CCCCN1C(=O)c1ccc(-n2cnc3ccccc32)nc1. The van der Waals surface area contributed by atoms with Crippen molar-refractivity contribution in [3.63, 3.8) is 0 Å². The summed E-state index contributed by atoms with van der Waals surface area (Å²) in [4.78, 5) is 34.3. The second-order valence-electron chi connectivity index (χ2n) is 6.36. The number of hydrogen-bond acceptors (Lipinski definition) is 4. The van der Waals surface area contributed by atoms with Gasteiger partial charge in [0.05, 0.1) is 16.6 Å². The summed E-state index contributed by atoms with van der Waals surface area (Å²) in [5, 5.41) is 9.35. The second-order valence-corrected chi connectivity index (χ2v) is 6.36. The standard InChI is InChI=1S/C19H18N4O3/c24-18(22-10-4-3-7-16(22)19(25)26)13-8-9-17(20-11-13)23-12-21-14-5-1-2-6-15(14)23/h1-2,5-6,8-9,11-12,16H,3-4,7,10H2,(H,25,26). The van der Waals surface area contributed by atoms with Gasteiger partial charge in [-0.3, -0.25) is 9.36 Å². The van der Waals surface area contributed by atoms with Gasteiger partial charge in [-0.05, 0) is 43.5 Å². The number of pyridine rings is 1. The molecule has 1 N–H and O–H groups in total. The number of imidazole rings is 1. The number of piperidine rings is 1. The molecule has 132 valence electrons. The molecule has 0 bridgehead atoms. The largest absolute Gasteiger partial charge is 0.480 e. The highest BCUT2D eigenvalue weighted by molar-refractivity contribution is 5.96. The van der Waals surface area contributed by atoms with Crippen molar-refractivity contribution >= 4 is 22.9 Å². The van der Waals surface area contributed by atoms with Gasteiger partial charge in [0.1, 0.15) is 18.2 Å². The van der Waals surface area contributed by atoms with Crippen molar-refractivity contribution in [1.82, 2.24) is 19.4 Å². The molecular weight excluding hydrogens is 332 g/mol. The number of amides is 1. The molecule has 1 saturated heterocycles. The number of likely N-dealkylation sites (tertiary alicyclic amines) is 1. The van der Waals surface area contributed by atoms with E-state index in [4.69, 9.17) is 0 Å². The maximum Gasteiger partial charge on any atom is 0.326 e. The van der Waals surface area contributed by atoms with Gasteiger partial charge in [-0.25, -0.2) is 14.8 Å². The molecule has 1 unspecified atom stereocenters. The smallest absolute Gasteiger partial charge is 0.326 e. The van der Waals surface area contributed by atoms with Crippen molar-refractivity contribution in [2.24, 2.45) is 0 Å². The first kappa shape index (κ1) is 16.3. The summed E-state index contributed by atoms with van der Waals surface area (Å²) in [6.07, 6.45) is 5.33. The van der Waals surface area contributed by atoms with Crippen LogP contribution < -0.4 is 0 Å². The lowest BCUT2D eigenvalue weighted by molar-refractivity contribution is -0.143. The van der Waals surface area contributed by atoms with E-state index in [1.165, 1.54) is 11.1 Å². The normalized spacial score (nSPS) is 17.4. The van der Waals surface area contributed by atoms with Crippen LogP contribution in [0.4, 0.5) is 0 Å². The number of nitrogens with zero attached hydrogens (tertiary/aromatic N) is 4. The molecule has 1 aliphatic heterocycles. The van der Waals surface area contributed by atoms with Crippen LogP contribution in [-0.2, 0) is 4.79 Å². The molecule has 7 heteroatoms. The highest BCUT2D eigenvalue weighted by Crippen LogP contribution is 2.21. The number of para-hydroxylation sites is 2. The van der Waals surface area contributed by atoms with Crippen LogP contribution in [0.15, 0.2) is 48.9 Å². The first-order chi connectivity index (χ1) is 12.6. The number of aliphatic carboxylic acids is 1. The number of carbonyl (C=O) groups excluding carboxylic acids is 1. The van der Waals surface area contributed by atoms with Gasteiger partial charge in [0.2, 0.25) is 0 Å². The fourth-order valence-electron chi connectivity index (χ4n) is 3.39. The molecule has 2 aromatic heterocycles. The molecule has 1 amide bonds. The van der Waals surface area contributed by atoms with Crippen molar-refractivity contribution in [2.45, 2.75) is 25.3 Å². The van der Waals surface area contributed by atoms with E-state index in [1.54, 1.807) is 18.5 Å². The highest BCUT2D eigenvalue weighted by atomic mass is 16.4. The number of benzene rings is 1. The average Bonchev–Trinajstić information content (AvgIpc) is 3.11. The van der Waals surface area contributed by atoms with Crippen molar-refractivity contribution in [1.29, 1.82) is 0 Å². The summed E-state index contributed by atoms with van der Waals surface area (Å²) in [5.41, 5.74) is 2.19. The molecule has 0 spiro atoms. The predicted octanol–water partition coefficient (Wildman–Crippen LogP) is 2.50. The van der Waals surface area contributed by atoms with Gasteiger partial charge in [-0.1, -0.05) is 12.1 Å². The third-order valence-corrected chi connectivity index (χ3v) is 4.74. The van der Waals surface area contributed by atoms with Crippen molar-refractivity contribution in [2.75, 3.05) is 6.54 Å². The molecule has 7 nitrogen and oxygen atoms in total. The van der Waals surface area contributed by atoms with E-state index in [1.807, 2.05) is 28.8 Å². The molecule has 1 aliphatic rings. The third kappa shape index (κ3) is 2.81. The third-order valence-electron chi connectivity index (χ3n) is 4.74. The van der Waals surface area contributed by atoms with Gasteiger partial charge >= 0.3 is 5.97 Å². The molecule has 3 heterocycles. The lowest BCUT2D eigenvalue weighted by atomic mass is 10.0. The van der Waals surface area contributed by atoms with Gasteiger partial charge in [0.15, 0.2) is 0 Å². The summed E-state index contributed by atoms with van der Waals surface area (Å²) in [7, 11) is 0. The zero-order chi connectivity index (χ0) is 18.1. The molecule has 1 aromatic carbocycles. The van der Waals surface area contributed by atoms with Crippen LogP contribution in [0.2, 0.25) is 0 Å². The van der Waals surface area contributed by atoms with E-state index in [9.17, 15) is 14.7 Å². The van der Waals surface area contributed by atoms with Crippen LogP contribution >= 0.6 is 0 Å². The van der Waals surface area contributed by atoms with Crippen LogP contribution in [0.3, 0.4) is 0 Å². The average molecular weight is 350 g/mol. The van der Waals surface area contributed by atoms with Gasteiger partial charge in [-0.15, -0.1) is 0 Å². The van der Waals surface area contributed by atoms with E-state index in [0.717, 1.165) is 23.9 Å². The zero-order valence-electron chi connectivity index (χ0n) is 14.1. The molecular formula is C19H18N4O3. The van der Waals surface area contributed by atoms with Crippen LogP contribution in [0.25, 0.3) is 16.9 Å². The predicted molar refractivity (Wildman–Crippen MR) is 95.2 cm³/mol. The summed E-state index contributed by atoms with van der Waals surface area (Å²) >= 11 is 0. The Morgan fingerprint density at radius 3 is 2.69 bits per heavy atom. The topological polar surface area (TPSA) is 88.3 Å². The Morgan fingerprint density at radius 2 is 1.92 bits per heavy atom. The fraction of sp³-hybridized carbons (Fsp3) is 0.263. The Morgan fingerprint density at radius 1 is 1.08 bits per heavy atom. The number of fused-ring (bicyclic) bond motifs is 1. The van der Waals surface area contributed by atoms with E-state index < -0.39 is 12.0 Å². The molecule has 0 aliphatic carbocycles. The van der Waals surface area contributed by atoms with Crippen molar-refractivity contribution in [3.05, 3.63) is 54.5 Å². The minimum Gasteiger partial charge on any atom is -0.480 e. The molecule has 0 radical (unpaired) electrons. The summed E-state index contributed by atoms with van der Waals surface area (Å²) in [6, 6.07) is 10.4. The molecule has 26 heavy (non-hydrogen) atoms. The van der Waals surface area contributed by atoms with Crippen LogP contribution in [-0.4, -0.2) is 49.0 Å². The molecule has 1 atom stereocenters. The number of carboxylic acids is 1. The van der Waals surface area contributed by atoms with E-state index >= 15 is 0 Å². The minimum absolute atomic E-state index is 0.286. The fourth-order valence-corrected chi connectivity index (χ4v) is 3.39. The monoisotopic (exact) mass is 350 g/mol. The number of carboxylic acid groups (broad SMARTS) is 1. The van der Waals surface area contributed by atoms with Gasteiger partial charge in [-0.2, -0.15) is 0 Å². The summed E-state index contributed by atoms with van der Waals surface area (Å²) < 4.78 is 1.85. The first-order valence-corrected chi connectivity index (χ1v) is 8.57. The van der Waals surface area contributed by atoms with Gasteiger partial charge in [0.25, 0.3) is 5.91 Å². The maximum atomic E-state index is 12.7. The zero-order valence-corrected chi connectivity index (χ0v) is 14.1. The van der Waals surface area contributed by atoms with Crippen molar-refractivity contribution in [3.8, 4) is 5.82 Å². The second kappa shape index (κ2) is 6.59. The summed E-state index contributed by atoms with van der Waals surface area (Å²) in [6.45, 7) is 0.462.